The van der Waals surface area contributed by atoms with Crippen LogP contribution in [0.3, 0.4) is 0 Å². The second-order valence-corrected chi connectivity index (χ2v) is 2.66. The molecule has 0 unspecified atom stereocenters. The van der Waals surface area contributed by atoms with Gasteiger partial charge >= 0.3 is 54.2 Å². The Labute approximate surface area is 54.8 Å². The Bertz CT molecular complexity index is 95.0. The molecular formula is C5H8CuO2. The third kappa shape index (κ3) is 5.86. The van der Waals surface area contributed by atoms with E-state index in [1.165, 1.54) is 13.8 Å². The second-order valence-electron chi connectivity index (χ2n) is 1.33. The summed E-state index contributed by atoms with van der Waals surface area (Å²) in [6.45, 7) is 2.91. The van der Waals surface area contributed by atoms with Crippen molar-refractivity contribution in [2.24, 2.45) is 0 Å². The van der Waals surface area contributed by atoms with E-state index >= 15 is 0 Å². The Balaban J connectivity index is 3.18. The number of Topliss-reactive ketones (excluding diaryl/α,β-unsaturated/α-hetero) is 1. The van der Waals surface area contributed by atoms with E-state index in [1.54, 1.807) is 0 Å². The second kappa shape index (κ2) is 3.81. The predicted molar refractivity (Wildman–Crippen MR) is 26.2 cm³/mol. The van der Waals surface area contributed by atoms with Crippen LogP contribution in [-0.2, 0) is 24.5 Å². The van der Waals surface area contributed by atoms with Gasteiger partial charge in [-0.15, -0.1) is 0 Å². The van der Waals surface area contributed by atoms with Crippen LogP contribution in [0.4, 0.5) is 0 Å². The molecule has 0 aromatic heterocycles. The fourth-order valence-electron chi connectivity index (χ4n) is 0.150. The van der Waals surface area contributed by atoms with Gasteiger partial charge in [-0.3, -0.25) is 0 Å². The normalized spacial score (nSPS) is 9.25. The molecule has 51 valence electrons. The number of hydrogen-bond donors (Lipinski definition) is 0. The van der Waals surface area contributed by atoms with Gasteiger partial charge in [0, 0.05) is 0 Å². The van der Waals surface area contributed by atoms with Crippen LogP contribution in [0.2, 0.25) is 5.32 Å². The Morgan fingerprint density at radius 2 is 1.88 bits per heavy atom. The SMILES string of the molecule is CC(=O)[CH2][Cu][C](C)=O. The molecule has 3 heteroatoms. The average Bonchev–Trinajstić information content (AvgIpc) is 1.61. The van der Waals surface area contributed by atoms with Gasteiger partial charge < -0.3 is 0 Å². The molecule has 0 rings (SSSR count). The molecule has 0 N–H and O–H groups in total. The van der Waals surface area contributed by atoms with E-state index in [1.807, 2.05) is 0 Å². The van der Waals surface area contributed by atoms with Gasteiger partial charge in [-0.25, -0.2) is 0 Å². The maximum absolute atomic E-state index is 10.2. The molecule has 0 bridgehead atoms. The van der Waals surface area contributed by atoms with Gasteiger partial charge in [0.15, 0.2) is 0 Å². The fourth-order valence-corrected chi connectivity index (χ4v) is 0.619. The Morgan fingerprint density at radius 1 is 1.38 bits per heavy atom. The van der Waals surface area contributed by atoms with Crippen LogP contribution >= 0.6 is 0 Å². The van der Waals surface area contributed by atoms with Gasteiger partial charge in [-0.1, -0.05) is 0 Å². The molecule has 0 atom stereocenters. The van der Waals surface area contributed by atoms with Crippen molar-refractivity contribution in [3.8, 4) is 0 Å². The minimum absolute atomic E-state index is 0.0102. The molecule has 8 heavy (non-hydrogen) atoms. The Hall–Kier alpha value is -0.141. The van der Waals surface area contributed by atoms with Gasteiger partial charge in [-0.05, 0) is 0 Å². The van der Waals surface area contributed by atoms with Gasteiger partial charge in [0.25, 0.3) is 0 Å². The van der Waals surface area contributed by atoms with E-state index in [9.17, 15) is 9.59 Å². The quantitative estimate of drug-likeness (QED) is 0.572. The van der Waals surface area contributed by atoms with Crippen molar-refractivity contribution in [2.75, 3.05) is 0 Å². The van der Waals surface area contributed by atoms with Crippen LogP contribution in [-0.4, -0.2) is 10.5 Å². The van der Waals surface area contributed by atoms with E-state index in [0.29, 0.717) is 5.32 Å². The van der Waals surface area contributed by atoms with E-state index in [-0.39, 0.29) is 10.5 Å². The molecule has 0 amide bonds. The van der Waals surface area contributed by atoms with Crippen LogP contribution in [0.1, 0.15) is 13.8 Å². The summed E-state index contributed by atoms with van der Waals surface area (Å²) in [5, 5.41) is 0.304. The van der Waals surface area contributed by atoms with Crippen LogP contribution < -0.4 is 0 Å². The summed E-state index contributed by atoms with van der Waals surface area (Å²) < 4.78 is -0.0102. The van der Waals surface area contributed by atoms with E-state index < -0.39 is 0 Å². The number of rotatable bonds is 3. The van der Waals surface area contributed by atoms with Crippen molar-refractivity contribution in [1.29, 1.82) is 0 Å². The predicted octanol–water partition coefficient (Wildman–Crippen LogP) is 0.623. The van der Waals surface area contributed by atoms with Crippen LogP contribution in [0.5, 0.6) is 0 Å². The molecule has 0 heterocycles. The Kier molecular flexibility index (Phi) is 3.75. The molecule has 0 radical (unpaired) electrons. The monoisotopic (exact) mass is 163 g/mol. The number of ketones is 1. The van der Waals surface area contributed by atoms with Crippen molar-refractivity contribution in [3.63, 3.8) is 0 Å². The zero-order chi connectivity index (χ0) is 6.57. The van der Waals surface area contributed by atoms with Crippen molar-refractivity contribution < 1.29 is 24.5 Å². The molecule has 0 aliphatic rings. The summed E-state index contributed by atoms with van der Waals surface area (Å²) in [5.41, 5.74) is 0. The van der Waals surface area contributed by atoms with Crippen molar-refractivity contribution >= 4 is 10.5 Å². The summed E-state index contributed by atoms with van der Waals surface area (Å²) in [4.78, 5) is 20.3. The van der Waals surface area contributed by atoms with Gasteiger partial charge in [-0.2, -0.15) is 0 Å². The summed E-state index contributed by atoms with van der Waals surface area (Å²) in [6, 6.07) is 0. The van der Waals surface area contributed by atoms with Crippen molar-refractivity contribution in [2.45, 2.75) is 19.2 Å². The third-order valence-corrected chi connectivity index (χ3v) is 1.46. The first kappa shape index (κ1) is 7.86. The van der Waals surface area contributed by atoms with E-state index in [0.717, 1.165) is 15.0 Å². The number of hydrogen-bond acceptors (Lipinski definition) is 2. The molecule has 0 aliphatic carbocycles. The molecule has 0 saturated heterocycles. The van der Waals surface area contributed by atoms with Gasteiger partial charge in [0.05, 0.1) is 0 Å². The zero-order valence-corrected chi connectivity index (χ0v) is 5.77. The Morgan fingerprint density at radius 3 is 2.00 bits per heavy atom. The standard InChI is InChI=1S/C3H5O.C2H3O.Cu/c1-3(2)4;1-2-3;/h1H2,2H3;1H3;. The van der Waals surface area contributed by atoms with Crippen LogP contribution in [0.15, 0.2) is 0 Å². The molecule has 2 nitrogen and oxygen atoms in total. The van der Waals surface area contributed by atoms with E-state index in [2.05, 4.69) is 0 Å². The molecule has 0 aromatic carbocycles. The average molecular weight is 164 g/mol. The topological polar surface area (TPSA) is 34.1 Å². The maximum atomic E-state index is 10.2. The third-order valence-electron chi connectivity index (χ3n) is 0.354. The number of carbonyl (C=O) groups is 2. The summed E-state index contributed by atoms with van der Waals surface area (Å²) in [6.07, 6.45) is 0. The first-order valence-corrected chi connectivity index (χ1v) is 3.26. The van der Waals surface area contributed by atoms with Crippen molar-refractivity contribution in [3.05, 3.63) is 0 Å². The molecular weight excluding hydrogens is 156 g/mol. The van der Waals surface area contributed by atoms with Crippen LogP contribution in [0, 0.1) is 0 Å². The fraction of sp³-hybridized carbons (Fsp3) is 0.600. The summed E-state index contributed by atoms with van der Waals surface area (Å²) in [5.74, 6) is 0.0419. The van der Waals surface area contributed by atoms with E-state index in [4.69, 9.17) is 0 Å². The van der Waals surface area contributed by atoms with Crippen molar-refractivity contribution in [1.82, 2.24) is 0 Å². The zero-order valence-electron chi connectivity index (χ0n) is 4.83. The molecule has 0 aliphatic heterocycles. The summed E-state index contributed by atoms with van der Waals surface area (Å²) >= 11 is 1.13. The molecule has 0 fully saturated rings. The molecule has 0 saturated carbocycles. The minimum atomic E-state index is -0.0102. The van der Waals surface area contributed by atoms with Gasteiger partial charge in [0.2, 0.25) is 0 Å². The molecule has 0 aromatic rings. The summed E-state index contributed by atoms with van der Waals surface area (Å²) in [7, 11) is 0. The first-order valence-electron chi connectivity index (χ1n) is 2.13. The van der Waals surface area contributed by atoms with Crippen LogP contribution in [0.25, 0.3) is 0 Å². The first-order chi connectivity index (χ1) is 3.63. The van der Waals surface area contributed by atoms with Gasteiger partial charge in [0.1, 0.15) is 0 Å². The molecule has 0 spiro atoms. The number of carbonyl (C=O) groups excluding carboxylic acids is 2.